The molecule has 0 spiro atoms. The van der Waals surface area contributed by atoms with Gasteiger partial charge in [0.05, 0.1) is 6.42 Å². The van der Waals surface area contributed by atoms with Gasteiger partial charge in [-0.2, -0.15) is 0 Å². The molecule has 1 heterocycles. The van der Waals surface area contributed by atoms with Crippen LogP contribution in [0.3, 0.4) is 0 Å². The number of rotatable bonds is 7. The molecule has 1 aliphatic rings. The van der Waals surface area contributed by atoms with Gasteiger partial charge in [0.25, 0.3) is 0 Å². The van der Waals surface area contributed by atoms with Crippen LogP contribution < -0.4 is 10.1 Å². The first kappa shape index (κ1) is 19.7. The average molecular weight is 387 g/mol. The van der Waals surface area contributed by atoms with E-state index in [4.69, 9.17) is 16.3 Å². The minimum Gasteiger partial charge on any atom is -0.489 e. The van der Waals surface area contributed by atoms with Crippen LogP contribution in [0, 0.1) is 5.92 Å². The maximum Gasteiger partial charge on any atom is 0.226 e. The molecule has 1 fully saturated rings. The first-order valence-corrected chi connectivity index (χ1v) is 9.90. The molecule has 0 radical (unpaired) electrons. The van der Waals surface area contributed by atoms with Gasteiger partial charge in [-0.1, -0.05) is 35.9 Å². The smallest absolute Gasteiger partial charge is 0.226 e. The summed E-state index contributed by atoms with van der Waals surface area (Å²) in [6, 6.07) is 15.4. The SMILES string of the molecule is CNCC1CCN(C(=O)Cc2cccc(OCc3cccc(Cl)c3)c2)CC1. The first-order chi connectivity index (χ1) is 13.1. The molecule has 0 aliphatic carbocycles. The van der Waals surface area contributed by atoms with E-state index in [0.717, 1.165) is 49.4 Å². The molecule has 1 N–H and O–H groups in total. The lowest BCUT2D eigenvalue weighted by Gasteiger charge is -2.32. The van der Waals surface area contributed by atoms with Crippen LogP contribution in [0.4, 0.5) is 0 Å². The largest absolute Gasteiger partial charge is 0.489 e. The lowest BCUT2D eigenvalue weighted by atomic mass is 9.96. The predicted octanol–water partition coefficient (Wildman–Crippen LogP) is 3.92. The minimum absolute atomic E-state index is 0.199. The minimum atomic E-state index is 0.199. The number of carbonyl (C=O) groups is 1. The van der Waals surface area contributed by atoms with Crippen molar-refractivity contribution in [1.82, 2.24) is 10.2 Å². The molecule has 0 saturated carbocycles. The van der Waals surface area contributed by atoms with Gasteiger partial charge in [-0.15, -0.1) is 0 Å². The van der Waals surface area contributed by atoms with Gasteiger partial charge in [0.1, 0.15) is 12.4 Å². The summed E-state index contributed by atoms with van der Waals surface area (Å²) in [7, 11) is 1.99. The number of nitrogens with one attached hydrogen (secondary N) is 1. The molecule has 1 amide bonds. The average Bonchev–Trinajstić information content (AvgIpc) is 2.68. The molecule has 144 valence electrons. The summed E-state index contributed by atoms with van der Waals surface area (Å²) < 4.78 is 5.87. The number of likely N-dealkylation sites (tertiary alicyclic amines) is 1. The van der Waals surface area contributed by atoms with Crippen molar-refractivity contribution in [3.8, 4) is 5.75 Å². The van der Waals surface area contributed by atoms with Crippen LogP contribution in [0.1, 0.15) is 24.0 Å². The summed E-state index contributed by atoms with van der Waals surface area (Å²) in [6.45, 7) is 3.21. The number of carbonyl (C=O) groups excluding carboxylic acids is 1. The van der Waals surface area contributed by atoms with E-state index in [0.29, 0.717) is 24.0 Å². The third kappa shape index (κ3) is 5.98. The van der Waals surface area contributed by atoms with E-state index in [2.05, 4.69) is 5.32 Å². The van der Waals surface area contributed by atoms with Crippen LogP contribution in [0.25, 0.3) is 0 Å². The van der Waals surface area contributed by atoms with Crippen LogP contribution in [0.5, 0.6) is 5.75 Å². The second-order valence-corrected chi connectivity index (χ2v) is 7.56. The van der Waals surface area contributed by atoms with E-state index in [-0.39, 0.29) is 5.91 Å². The summed E-state index contributed by atoms with van der Waals surface area (Å²) in [4.78, 5) is 14.6. The number of hydrogen-bond acceptors (Lipinski definition) is 3. The summed E-state index contributed by atoms with van der Waals surface area (Å²) in [5.74, 6) is 1.65. The topological polar surface area (TPSA) is 41.6 Å². The van der Waals surface area contributed by atoms with Crippen LogP contribution in [-0.4, -0.2) is 37.5 Å². The number of nitrogens with zero attached hydrogens (tertiary/aromatic N) is 1. The monoisotopic (exact) mass is 386 g/mol. The fourth-order valence-corrected chi connectivity index (χ4v) is 3.71. The lowest BCUT2D eigenvalue weighted by molar-refractivity contribution is -0.131. The Morgan fingerprint density at radius 2 is 1.89 bits per heavy atom. The number of benzene rings is 2. The van der Waals surface area contributed by atoms with Gasteiger partial charge in [-0.3, -0.25) is 4.79 Å². The second kappa shape index (κ2) is 9.77. The summed E-state index contributed by atoms with van der Waals surface area (Å²) >= 11 is 6.01. The standard InChI is InChI=1S/C22H27ClN2O2/c1-24-15-17-8-10-25(11-9-17)22(26)14-18-4-3-7-21(13-18)27-16-19-5-2-6-20(23)12-19/h2-7,12-13,17,24H,8-11,14-16H2,1H3. The Morgan fingerprint density at radius 1 is 1.15 bits per heavy atom. The van der Waals surface area contributed by atoms with Gasteiger partial charge in [0.15, 0.2) is 0 Å². The van der Waals surface area contributed by atoms with Crippen molar-refractivity contribution in [2.75, 3.05) is 26.7 Å². The highest BCUT2D eigenvalue weighted by molar-refractivity contribution is 6.30. The number of hydrogen-bond donors (Lipinski definition) is 1. The predicted molar refractivity (Wildman–Crippen MR) is 109 cm³/mol. The van der Waals surface area contributed by atoms with E-state index < -0.39 is 0 Å². The van der Waals surface area contributed by atoms with Gasteiger partial charge >= 0.3 is 0 Å². The Kier molecular flexibility index (Phi) is 7.13. The molecule has 0 atom stereocenters. The molecular formula is C22H27ClN2O2. The van der Waals surface area contributed by atoms with E-state index in [1.165, 1.54) is 0 Å². The van der Waals surface area contributed by atoms with Gasteiger partial charge in [0.2, 0.25) is 5.91 Å². The van der Waals surface area contributed by atoms with Crippen molar-refractivity contribution >= 4 is 17.5 Å². The Morgan fingerprint density at radius 3 is 2.63 bits per heavy atom. The molecule has 0 aromatic heterocycles. The number of ether oxygens (including phenoxy) is 1. The fourth-order valence-electron chi connectivity index (χ4n) is 3.50. The number of piperidine rings is 1. The number of amides is 1. The van der Waals surface area contributed by atoms with Gasteiger partial charge in [-0.05, 0) is 67.7 Å². The summed E-state index contributed by atoms with van der Waals surface area (Å²) in [5.41, 5.74) is 2.01. The van der Waals surface area contributed by atoms with Crippen LogP contribution in [0.2, 0.25) is 5.02 Å². The Balaban J connectivity index is 1.52. The molecule has 0 unspecified atom stereocenters. The van der Waals surface area contributed by atoms with Crippen molar-refractivity contribution in [2.45, 2.75) is 25.9 Å². The summed E-state index contributed by atoms with van der Waals surface area (Å²) in [6.07, 6.45) is 2.58. The molecule has 5 heteroatoms. The molecule has 1 saturated heterocycles. The molecule has 2 aromatic carbocycles. The first-order valence-electron chi connectivity index (χ1n) is 9.52. The number of halogens is 1. The Bertz CT molecular complexity index is 757. The Labute approximate surface area is 166 Å². The molecule has 1 aliphatic heterocycles. The molecule has 2 aromatic rings. The van der Waals surface area contributed by atoms with Gasteiger partial charge < -0.3 is 15.0 Å². The molecule has 3 rings (SSSR count). The Hall–Kier alpha value is -2.04. The quantitative estimate of drug-likeness (QED) is 0.784. The van der Waals surface area contributed by atoms with Crippen LogP contribution >= 0.6 is 11.6 Å². The fraction of sp³-hybridized carbons (Fsp3) is 0.409. The van der Waals surface area contributed by atoms with Crippen LogP contribution in [-0.2, 0) is 17.8 Å². The van der Waals surface area contributed by atoms with Crippen molar-refractivity contribution in [2.24, 2.45) is 5.92 Å². The third-order valence-electron chi connectivity index (χ3n) is 5.01. The molecule has 27 heavy (non-hydrogen) atoms. The zero-order valence-electron chi connectivity index (χ0n) is 15.8. The van der Waals surface area contributed by atoms with Crippen molar-refractivity contribution < 1.29 is 9.53 Å². The normalized spacial score (nSPS) is 15.0. The van der Waals surface area contributed by atoms with E-state index in [9.17, 15) is 4.79 Å². The zero-order valence-corrected chi connectivity index (χ0v) is 16.5. The van der Waals surface area contributed by atoms with E-state index in [1.807, 2.05) is 60.5 Å². The second-order valence-electron chi connectivity index (χ2n) is 7.12. The molecule has 4 nitrogen and oxygen atoms in total. The summed E-state index contributed by atoms with van der Waals surface area (Å²) in [5, 5.41) is 3.93. The van der Waals surface area contributed by atoms with Gasteiger partial charge in [0, 0.05) is 18.1 Å². The lowest BCUT2D eigenvalue weighted by Crippen LogP contribution is -2.41. The van der Waals surface area contributed by atoms with E-state index in [1.54, 1.807) is 0 Å². The van der Waals surface area contributed by atoms with Gasteiger partial charge in [-0.25, -0.2) is 0 Å². The molecule has 0 bridgehead atoms. The highest BCUT2D eigenvalue weighted by Gasteiger charge is 2.22. The van der Waals surface area contributed by atoms with Crippen molar-refractivity contribution in [1.29, 1.82) is 0 Å². The highest BCUT2D eigenvalue weighted by atomic mass is 35.5. The highest BCUT2D eigenvalue weighted by Crippen LogP contribution is 2.20. The maximum atomic E-state index is 12.6. The third-order valence-corrected chi connectivity index (χ3v) is 5.24. The van der Waals surface area contributed by atoms with E-state index >= 15 is 0 Å². The zero-order chi connectivity index (χ0) is 19.1. The maximum absolute atomic E-state index is 12.6. The molecular weight excluding hydrogens is 360 g/mol. The van der Waals surface area contributed by atoms with Crippen molar-refractivity contribution in [3.63, 3.8) is 0 Å². The van der Waals surface area contributed by atoms with Crippen molar-refractivity contribution in [3.05, 3.63) is 64.7 Å². The van der Waals surface area contributed by atoms with Crippen LogP contribution in [0.15, 0.2) is 48.5 Å².